The lowest BCUT2D eigenvalue weighted by molar-refractivity contribution is -0.192. The van der Waals surface area contributed by atoms with Crippen LogP contribution in [-0.2, 0) is 21.2 Å². The van der Waals surface area contributed by atoms with Crippen molar-refractivity contribution in [3.8, 4) is 0 Å². The molecule has 2 aromatic rings. The molecule has 1 fully saturated rings. The average molecular weight is 447 g/mol. The number of aliphatic carboxylic acids is 1. The van der Waals surface area contributed by atoms with Crippen LogP contribution >= 0.6 is 0 Å². The second-order valence-corrected chi connectivity index (χ2v) is 8.24. The number of pyridine rings is 1. The SMILES string of the molecule is CS(=O)(=O)N[C@@H]1CCN(c2ncccn2)[C@H]1Cc1cccnc1.O=C(O)C(F)(F)F. The molecule has 13 heteroatoms. The number of hydrogen-bond donors (Lipinski definition) is 2. The number of aromatic nitrogens is 3. The third-order valence-electron chi connectivity index (χ3n) is 4.13. The van der Waals surface area contributed by atoms with Gasteiger partial charge < -0.3 is 10.0 Å². The van der Waals surface area contributed by atoms with Crippen molar-refractivity contribution in [2.75, 3.05) is 17.7 Å². The number of sulfonamides is 1. The van der Waals surface area contributed by atoms with Gasteiger partial charge in [-0.1, -0.05) is 6.07 Å². The van der Waals surface area contributed by atoms with Crippen molar-refractivity contribution in [1.29, 1.82) is 0 Å². The summed E-state index contributed by atoms with van der Waals surface area (Å²) in [5, 5.41) is 7.12. The zero-order chi connectivity index (χ0) is 22.4. The van der Waals surface area contributed by atoms with Crippen LogP contribution in [0.3, 0.4) is 0 Å². The number of rotatable bonds is 5. The predicted octanol–water partition coefficient (Wildman–Crippen LogP) is 1.24. The molecule has 0 radical (unpaired) electrons. The van der Waals surface area contributed by atoms with E-state index in [9.17, 15) is 21.6 Å². The Morgan fingerprint density at radius 3 is 2.40 bits per heavy atom. The standard InChI is InChI=1S/C15H19N5O2S.C2HF3O2/c1-23(21,22)19-13-5-9-20(15-17-7-3-8-18-15)14(13)10-12-4-2-6-16-11-12;3-2(4,5)1(6)7/h2-4,6-8,11,13-14,19H,5,9-10H2,1H3;(H,6,7)/t13-,14+;/m1./s1. The van der Waals surface area contributed by atoms with Gasteiger partial charge in [0.15, 0.2) is 0 Å². The van der Waals surface area contributed by atoms with Gasteiger partial charge in [-0.2, -0.15) is 13.2 Å². The zero-order valence-electron chi connectivity index (χ0n) is 15.8. The molecule has 0 saturated carbocycles. The lowest BCUT2D eigenvalue weighted by Gasteiger charge is -2.28. The molecule has 30 heavy (non-hydrogen) atoms. The Morgan fingerprint density at radius 1 is 1.27 bits per heavy atom. The molecule has 1 aliphatic heterocycles. The maximum Gasteiger partial charge on any atom is 0.490 e. The number of hydrogen-bond acceptors (Lipinski definition) is 7. The van der Waals surface area contributed by atoms with Crippen LogP contribution in [0.2, 0.25) is 0 Å². The average Bonchev–Trinajstić information content (AvgIpc) is 3.03. The van der Waals surface area contributed by atoms with E-state index in [-0.39, 0.29) is 12.1 Å². The number of alkyl halides is 3. The smallest absolute Gasteiger partial charge is 0.475 e. The molecule has 3 rings (SSSR count). The lowest BCUT2D eigenvalue weighted by Crippen LogP contribution is -2.46. The number of halogens is 3. The molecule has 1 saturated heterocycles. The van der Waals surface area contributed by atoms with Gasteiger partial charge in [0.2, 0.25) is 16.0 Å². The van der Waals surface area contributed by atoms with Crippen LogP contribution in [0.4, 0.5) is 19.1 Å². The fourth-order valence-corrected chi connectivity index (χ4v) is 3.79. The molecule has 2 aromatic heterocycles. The molecule has 2 N–H and O–H groups in total. The first kappa shape index (κ1) is 23.5. The van der Waals surface area contributed by atoms with Gasteiger partial charge in [0.05, 0.1) is 12.3 Å². The molecule has 2 atom stereocenters. The summed E-state index contributed by atoms with van der Waals surface area (Å²) in [6.07, 6.45) is 4.43. The van der Waals surface area contributed by atoms with Crippen LogP contribution in [0.15, 0.2) is 43.0 Å². The summed E-state index contributed by atoms with van der Waals surface area (Å²) in [6, 6.07) is 5.42. The Kier molecular flexibility index (Phi) is 7.67. The van der Waals surface area contributed by atoms with Gasteiger partial charge >= 0.3 is 12.1 Å². The Morgan fingerprint density at radius 2 is 1.90 bits per heavy atom. The van der Waals surface area contributed by atoms with E-state index >= 15 is 0 Å². The fraction of sp³-hybridized carbons (Fsp3) is 0.412. The molecule has 0 aliphatic carbocycles. The third-order valence-corrected chi connectivity index (χ3v) is 4.86. The Labute approximate surface area is 171 Å². The summed E-state index contributed by atoms with van der Waals surface area (Å²) in [7, 11) is -3.27. The first-order chi connectivity index (χ1) is 14.0. The normalized spacial score (nSPS) is 19.1. The van der Waals surface area contributed by atoms with E-state index in [0.29, 0.717) is 18.9 Å². The van der Waals surface area contributed by atoms with Crippen molar-refractivity contribution < 1.29 is 31.5 Å². The van der Waals surface area contributed by atoms with Gasteiger partial charge in [-0.15, -0.1) is 0 Å². The van der Waals surface area contributed by atoms with Crippen LogP contribution in [0, 0.1) is 0 Å². The van der Waals surface area contributed by atoms with Crippen LogP contribution in [0.25, 0.3) is 0 Å². The number of carbonyl (C=O) groups is 1. The third kappa shape index (κ3) is 7.22. The minimum atomic E-state index is -5.08. The Hall–Kier alpha value is -2.80. The van der Waals surface area contributed by atoms with Crippen molar-refractivity contribution in [2.45, 2.75) is 31.1 Å². The van der Waals surface area contributed by atoms with Crippen LogP contribution in [0.1, 0.15) is 12.0 Å². The second-order valence-electron chi connectivity index (χ2n) is 6.46. The van der Waals surface area contributed by atoms with E-state index in [1.807, 2.05) is 12.1 Å². The van der Waals surface area contributed by atoms with Crippen molar-refractivity contribution >= 4 is 21.9 Å². The highest BCUT2D eigenvalue weighted by Crippen LogP contribution is 2.25. The summed E-state index contributed by atoms with van der Waals surface area (Å²) < 4.78 is 57.8. The lowest BCUT2D eigenvalue weighted by atomic mass is 10.0. The predicted molar refractivity (Wildman–Crippen MR) is 101 cm³/mol. The van der Waals surface area contributed by atoms with E-state index in [2.05, 4.69) is 24.6 Å². The summed E-state index contributed by atoms with van der Waals surface area (Å²) in [6.45, 7) is 0.710. The largest absolute Gasteiger partial charge is 0.490 e. The molecule has 0 unspecified atom stereocenters. The molecule has 0 bridgehead atoms. The molecule has 9 nitrogen and oxygen atoms in total. The van der Waals surface area contributed by atoms with Crippen LogP contribution < -0.4 is 9.62 Å². The molecule has 164 valence electrons. The summed E-state index contributed by atoms with van der Waals surface area (Å²) in [5.41, 5.74) is 1.06. The first-order valence-electron chi connectivity index (χ1n) is 8.67. The van der Waals surface area contributed by atoms with E-state index in [1.54, 1.807) is 30.9 Å². The number of nitrogens with zero attached hydrogens (tertiary/aromatic N) is 4. The topological polar surface area (TPSA) is 125 Å². The molecule has 0 spiro atoms. The molecule has 3 heterocycles. The molecule has 0 amide bonds. The van der Waals surface area contributed by atoms with Gasteiger partial charge in [0, 0.05) is 37.4 Å². The second kappa shape index (κ2) is 9.80. The highest BCUT2D eigenvalue weighted by Gasteiger charge is 2.38. The Bertz CT molecular complexity index is 929. The Balaban J connectivity index is 0.000000396. The van der Waals surface area contributed by atoms with E-state index in [4.69, 9.17) is 9.90 Å². The van der Waals surface area contributed by atoms with Crippen molar-refractivity contribution in [2.24, 2.45) is 0 Å². The minimum Gasteiger partial charge on any atom is -0.475 e. The molecule has 1 aliphatic rings. The van der Waals surface area contributed by atoms with Crippen molar-refractivity contribution in [3.63, 3.8) is 0 Å². The van der Waals surface area contributed by atoms with Crippen LogP contribution in [-0.4, -0.2) is 65.5 Å². The van der Waals surface area contributed by atoms with E-state index in [0.717, 1.165) is 12.0 Å². The van der Waals surface area contributed by atoms with Gasteiger partial charge in [-0.3, -0.25) is 4.98 Å². The van der Waals surface area contributed by atoms with Gasteiger partial charge in [0.25, 0.3) is 0 Å². The van der Waals surface area contributed by atoms with Crippen molar-refractivity contribution in [3.05, 3.63) is 48.5 Å². The highest BCUT2D eigenvalue weighted by atomic mass is 32.2. The maximum atomic E-state index is 11.7. The van der Waals surface area contributed by atoms with Gasteiger partial charge in [-0.25, -0.2) is 27.9 Å². The summed E-state index contributed by atoms with van der Waals surface area (Å²) in [4.78, 5) is 23.7. The van der Waals surface area contributed by atoms with E-state index in [1.165, 1.54) is 6.26 Å². The first-order valence-corrected chi connectivity index (χ1v) is 10.6. The van der Waals surface area contributed by atoms with Gasteiger partial charge in [0.1, 0.15) is 0 Å². The zero-order valence-corrected chi connectivity index (χ0v) is 16.6. The quantitative estimate of drug-likeness (QED) is 0.702. The minimum absolute atomic E-state index is 0.0451. The fourth-order valence-electron chi connectivity index (χ4n) is 2.97. The van der Waals surface area contributed by atoms with Crippen LogP contribution in [0.5, 0.6) is 0 Å². The summed E-state index contributed by atoms with van der Waals surface area (Å²) >= 11 is 0. The van der Waals surface area contributed by atoms with Gasteiger partial charge in [-0.05, 0) is 30.5 Å². The number of nitrogens with one attached hydrogen (secondary N) is 1. The number of carboxylic acids is 1. The molecular formula is C17H20F3N5O4S. The van der Waals surface area contributed by atoms with Crippen molar-refractivity contribution in [1.82, 2.24) is 19.7 Å². The molecule has 0 aromatic carbocycles. The maximum absolute atomic E-state index is 11.7. The highest BCUT2D eigenvalue weighted by molar-refractivity contribution is 7.88. The van der Waals surface area contributed by atoms with E-state index < -0.39 is 22.2 Å². The number of anilines is 1. The monoisotopic (exact) mass is 447 g/mol. The molecular weight excluding hydrogens is 427 g/mol. The number of carboxylic acid groups (broad SMARTS) is 1. The summed E-state index contributed by atoms with van der Waals surface area (Å²) in [5.74, 6) is -2.13.